The molecule has 14 nitrogen and oxygen atoms in total. The quantitative estimate of drug-likeness (QED) is 0.132. The van der Waals surface area contributed by atoms with Gasteiger partial charge in [-0.25, -0.2) is 4.79 Å². The third-order valence-electron chi connectivity index (χ3n) is 14.0. The number of piperazine rings is 1. The maximum Gasteiger partial charge on any atom is 0.329 e. The van der Waals surface area contributed by atoms with Crippen molar-refractivity contribution in [3.63, 3.8) is 0 Å². The Labute approximate surface area is 364 Å². The van der Waals surface area contributed by atoms with Gasteiger partial charge in [0.05, 0.1) is 28.3 Å². The number of rotatable bonds is 8. The summed E-state index contributed by atoms with van der Waals surface area (Å²) in [5, 5.41) is 17.3. The van der Waals surface area contributed by atoms with Crippen LogP contribution in [0.3, 0.4) is 0 Å². The number of aromatic nitrogens is 5. The Morgan fingerprint density at radius 1 is 0.746 bits per heavy atom. The van der Waals surface area contributed by atoms with E-state index in [1.54, 1.807) is 16.2 Å². The predicted octanol–water partition coefficient (Wildman–Crippen LogP) is 5.64. The van der Waals surface area contributed by atoms with Crippen LogP contribution in [0.2, 0.25) is 0 Å². The predicted molar refractivity (Wildman–Crippen MR) is 246 cm³/mol. The molecule has 8 heterocycles. The number of piperidine rings is 2. The number of imidazole rings is 1. The summed E-state index contributed by atoms with van der Waals surface area (Å²) in [6.45, 7) is 7.50. The Bertz CT molecular complexity index is 2940. The van der Waals surface area contributed by atoms with Crippen LogP contribution in [-0.4, -0.2) is 104 Å². The van der Waals surface area contributed by atoms with Crippen LogP contribution >= 0.6 is 0 Å². The first-order chi connectivity index (χ1) is 30.7. The van der Waals surface area contributed by atoms with Gasteiger partial charge in [-0.05, 0) is 108 Å². The lowest BCUT2D eigenvalue weighted by molar-refractivity contribution is -0.128. The van der Waals surface area contributed by atoms with Gasteiger partial charge in [0.2, 0.25) is 5.91 Å². The van der Waals surface area contributed by atoms with Crippen LogP contribution in [0.15, 0.2) is 96.1 Å². The van der Waals surface area contributed by atoms with Gasteiger partial charge in [0.1, 0.15) is 6.23 Å². The lowest BCUT2D eigenvalue weighted by atomic mass is 9.95. The third kappa shape index (κ3) is 7.36. The first-order valence-corrected chi connectivity index (χ1v) is 22.3. The van der Waals surface area contributed by atoms with Crippen molar-refractivity contribution in [3.05, 3.63) is 113 Å². The third-order valence-corrected chi connectivity index (χ3v) is 14.0. The molecule has 322 valence electrons. The summed E-state index contributed by atoms with van der Waals surface area (Å²) in [4.78, 5) is 57.1. The lowest BCUT2D eigenvalue weighted by Crippen LogP contribution is -2.49. The molecule has 14 heteroatoms. The summed E-state index contributed by atoms with van der Waals surface area (Å²) in [5.74, 6) is 0.390. The molecule has 11 rings (SSSR count). The van der Waals surface area contributed by atoms with Crippen LogP contribution in [0.5, 0.6) is 0 Å². The van der Waals surface area contributed by atoms with Crippen molar-refractivity contribution in [1.82, 2.24) is 39.6 Å². The highest BCUT2D eigenvalue weighted by Gasteiger charge is 2.32. The number of anilines is 2. The molecule has 5 N–H and O–H groups in total. The molecule has 3 saturated heterocycles. The van der Waals surface area contributed by atoms with Crippen LogP contribution in [-0.2, 0) is 18.3 Å². The number of nitrogens with one attached hydrogen (secondary N) is 4. The lowest BCUT2D eigenvalue weighted by Gasteiger charge is -2.40. The second-order valence-electron chi connectivity index (χ2n) is 17.8. The Morgan fingerprint density at radius 2 is 1.57 bits per heavy atom. The number of H-pyrrole nitrogens is 2. The van der Waals surface area contributed by atoms with E-state index < -0.39 is 12.3 Å². The van der Waals surface area contributed by atoms with Crippen molar-refractivity contribution in [2.75, 3.05) is 62.2 Å². The molecular weight excluding hydrogens is 793 g/mol. The second-order valence-corrected chi connectivity index (χ2v) is 17.8. The summed E-state index contributed by atoms with van der Waals surface area (Å²) < 4.78 is 3.30. The Balaban J connectivity index is 0.774. The average Bonchev–Trinajstić information content (AvgIpc) is 4.04. The fraction of sp³-hybridized carbons (Fsp3) is 0.347. The van der Waals surface area contributed by atoms with Gasteiger partial charge in [-0.3, -0.25) is 28.6 Å². The zero-order chi connectivity index (χ0) is 42.8. The molecule has 4 aliphatic heterocycles. The molecule has 0 bridgehead atoms. The Hall–Kier alpha value is -6.64. The molecule has 0 spiro atoms. The van der Waals surface area contributed by atoms with E-state index in [4.69, 9.17) is 4.98 Å². The zero-order valence-corrected chi connectivity index (χ0v) is 35.4. The zero-order valence-electron chi connectivity index (χ0n) is 35.4. The molecule has 4 aromatic heterocycles. The van der Waals surface area contributed by atoms with Crippen molar-refractivity contribution in [2.24, 2.45) is 13.0 Å². The summed E-state index contributed by atoms with van der Waals surface area (Å²) in [7, 11) is 1.78. The number of pyridine rings is 1. The molecular formula is C49H52N10O4. The van der Waals surface area contributed by atoms with E-state index >= 15 is 0 Å². The molecule has 2 atom stereocenters. The maximum atomic E-state index is 13.4. The van der Waals surface area contributed by atoms with E-state index in [2.05, 4.69) is 96.0 Å². The number of hydrogen-bond donors (Lipinski definition) is 5. The minimum absolute atomic E-state index is 0.0275. The molecule has 3 fully saturated rings. The fourth-order valence-corrected chi connectivity index (χ4v) is 10.4. The number of nitrogens with zero attached hydrogens (tertiary/aromatic N) is 6. The van der Waals surface area contributed by atoms with Gasteiger partial charge in [0.25, 0.3) is 5.91 Å². The van der Waals surface area contributed by atoms with E-state index in [9.17, 15) is 19.5 Å². The Kier molecular flexibility index (Phi) is 9.91. The van der Waals surface area contributed by atoms with Gasteiger partial charge in [0, 0.05) is 124 Å². The van der Waals surface area contributed by atoms with Crippen LogP contribution in [0.25, 0.3) is 55.6 Å². The molecule has 3 aromatic carbocycles. The first-order valence-electron chi connectivity index (χ1n) is 22.3. The van der Waals surface area contributed by atoms with Crippen molar-refractivity contribution >= 4 is 45.1 Å². The summed E-state index contributed by atoms with van der Waals surface area (Å²) in [6, 6.07) is 27.3. The molecule has 0 radical (unpaired) electrons. The number of aryl methyl sites for hydroxylation is 1. The topological polar surface area (TPSA) is 160 Å². The Morgan fingerprint density at radius 3 is 2.40 bits per heavy atom. The van der Waals surface area contributed by atoms with Crippen LogP contribution in [0.4, 0.5) is 11.4 Å². The van der Waals surface area contributed by atoms with Gasteiger partial charge in [-0.1, -0.05) is 12.1 Å². The number of aliphatic hydroxyl groups is 1. The molecule has 2 amide bonds. The fourth-order valence-electron chi connectivity index (χ4n) is 10.4. The summed E-state index contributed by atoms with van der Waals surface area (Å²) in [5.41, 5.74) is 12.7. The smallest absolute Gasteiger partial charge is 0.329 e. The van der Waals surface area contributed by atoms with Crippen molar-refractivity contribution in [3.8, 4) is 33.6 Å². The molecule has 4 aliphatic rings. The summed E-state index contributed by atoms with van der Waals surface area (Å²) in [6.07, 6.45) is 6.46. The van der Waals surface area contributed by atoms with Gasteiger partial charge in [-0.15, -0.1) is 0 Å². The number of hydrogen-bond acceptors (Lipinski definition) is 8. The molecule has 2 unspecified atom stereocenters. The monoisotopic (exact) mass is 844 g/mol. The number of aliphatic hydroxyl groups excluding tert-OH is 1. The first kappa shape index (κ1) is 39.2. The van der Waals surface area contributed by atoms with E-state index in [-0.39, 0.29) is 23.9 Å². The number of aromatic amines is 2. The van der Waals surface area contributed by atoms with Gasteiger partial charge in [0.15, 0.2) is 0 Å². The van der Waals surface area contributed by atoms with Crippen molar-refractivity contribution in [1.29, 1.82) is 0 Å². The van der Waals surface area contributed by atoms with E-state index in [1.165, 1.54) is 11.1 Å². The largest absolute Gasteiger partial charge is 0.372 e. The van der Waals surface area contributed by atoms with E-state index in [0.29, 0.717) is 18.9 Å². The minimum Gasteiger partial charge on any atom is -0.372 e. The highest BCUT2D eigenvalue weighted by molar-refractivity contribution is 5.98. The number of benzene rings is 3. The van der Waals surface area contributed by atoms with Crippen molar-refractivity contribution < 1.29 is 14.7 Å². The van der Waals surface area contributed by atoms with Crippen LogP contribution < -0.4 is 26.1 Å². The molecule has 63 heavy (non-hydrogen) atoms. The number of amides is 2. The number of fused-ring (bicyclic) bond motifs is 3. The van der Waals surface area contributed by atoms with E-state index in [0.717, 1.165) is 132 Å². The maximum absolute atomic E-state index is 13.4. The van der Waals surface area contributed by atoms with Crippen molar-refractivity contribution in [2.45, 2.75) is 44.4 Å². The standard InChI is InChI=1S/C49H52N10O4/c1-55-45-27-36(4-5-43(45)59(49(55)63)44-6-7-46(60)54-48(44)62)57-16-11-30(12-17-57)29-56-18-20-58(21-19-56)37-23-34(32-3-2-31-8-13-50-40(31)25-32)22-35(24-37)41-26-33(9-14-51-41)42-28-38-39(53-42)10-15-52-47(38)61/h2-5,8-9,13-14,22-28,30,44,48,50,53,62H,6-7,10-12,15-21,29H2,1H3,(H,52,61)(H,54,60). The van der Waals surface area contributed by atoms with Crippen LogP contribution in [0, 0.1) is 5.92 Å². The SMILES string of the molecule is Cn1c(=O)n(C2CCC(=O)NC2O)c2ccc(N3CCC(CN4CCN(c5cc(-c6ccc7cc[nH]c7c6)cc(-c6cc(-c7cc8c([nH]7)CCNC8=O)ccn6)c5)CC4)CC3)cc21. The van der Waals surface area contributed by atoms with Crippen LogP contribution in [0.1, 0.15) is 47.8 Å². The number of carbonyl (C=O) groups excluding carboxylic acids is 2. The minimum atomic E-state index is -1.09. The highest BCUT2D eigenvalue weighted by atomic mass is 16.3. The highest BCUT2D eigenvalue weighted by Crippen LogP contribution is 2.36. The second kappa shape index (κ2) is 15.9. The average molecular weight is 845 g/mol. The number of carbonyl (C=O) groups is 2. The molecule has 0 aliphatic carbocycles. The van der Waals surface area contributed by atoms with Gasteiger partial charge in [-0.2, -0.15) is 0 Å². The normalized spacial score (nSPS) is 20.0. The van der Waals surface area contributed by atoms with Gasteiger partial charge >= 0.3 is 5.69 Å². The van der Waals surface area contributed by atoms with E-state index in [1.807, 2.05) is 30.6 Å². The summed E-state index contributed by atoms with van der Waals surface area (Å²) >= 11 is 0. The molecule has 0 saturated carbocycles. The molecule has 7 aromatic rings. The van der Waals surface area contributed by atoms with Gasteiger partial charge < -0.3 is 35.5 Å².